The number of carbonyl (C=O) groups is 1. The Balaban J connectivity index is 2.27. The summed E-state index contributed by atoms with van der Waals surface area (Å²) >= 11 is 5.88. The number of rotatable bonds is 6. The van der Waals surface area contributed by atoms with Crippen molar-refractivity contribution in [2.45, 2.75) is 26.4 Å². The van der Waals surface area contributed by atoms with Crippen LogP contribution in [0.5, 0.6) is 0 Å². The summed E-state index contributed by atoms with van der Waals surface area (Å²) in [6.07, 6.45) is -3.34. The van der Waals surface area contributed by atoms with Crippen LogP contribution in [0, 0.1) is 13.8 Å². The Morgan fingerprint density at radius 2 is 1.92 bits per heavy atom. The van der Waals surface area contributed by atoms with E-state index in [1.807, 2.05) is 0 Å². The molecule has 0 atom stereocenters. The minimum absolute atomic E-state index is 0.158. The third-order valence-electron chi connectivity index (χ3n) is 3.91. The zero-order valence-corrected chi connectivity index (χ0v) is 15.2. The van der Waals surface area contributed by atoms with Gasteiger partial charge in [0.2, 0.25) is 5.91 Å². The van der Waals surface area contributed by atoms with Crippen LogP contribution >= 0.6 is 11.6 Å². The predicted molar refractivity (Wildman–Crippen MR) is 94.6 cm³/mol. The van der Waals surface area contributed by atoms with Crippen LogP contribution in [0.4, 0.5) is 13.2 Å². The first kappa shape index (κ1) is 20.0. The molecule has 0 N–H and O–H groups in total. The van der Waals surface area contributed by atoms with Gasteiger partial charge in [-0.25, -0.2) is 4.68 Å². The van der Waals surface area contributed by atoms with Crippen molar-refractivity contribution in [3.05, 3.63) is 58.9 Å². The minimum atomic E-state index is -4.46. The molecule has 4 nitrogen and oxygen atoms in total. The Kier molecular flexibility index (Phi) is 6.13. The van der Waals surface area contributed by atoms with Crippen LogP contribution in [-0.4, -0.2) is 39.9 Å². The molecule has 0 radical (unpaired) electrons. The molecule has 1 aromatic carbocycles. The van der Waals surface area contributed by atoms with Crippen molar-refractivity contribution in [3.8, 4) is 5.69 Å². The smallest absolute Gasteiger partial charge is 0.330 e. The number of carbonyl (C=O) groups excluding carboxylic acids is 1. The number of hydrogen-bond donors (Lipinski definition) is 0. The summed E-state index contributed by atoms with van der Waals surface area (Å²) in [7, 11) is 0. The van der Waals surface area contributed by atoms with Crippen molar-refractivity contribution in [2.24, 2.45) is 0 Å². The highest BCUT2D eigenvalue weighted by molar-refractivity contribution is 6.30. The second kappa shape index (κ2) is 7.95. The molecule has 0 aliphatic heterocycles. The Bertz CT molecular complexity index is 797. The van der Waals surface area contributed by atoms with Crippen molar-refractivity contribution < 1.29 is 18.0 Å². The largest absolute Gasteiger partial charge is 0.406 e. The molecule has 0 fully saturated rings. The molecular formula is C18H19ClF3N3O. The average Bonchev–Trinajstić information content (AvgIpc) is 2.82. The van der Waals surface area contributed by atoms with Crippen LogP contribution in [0.25, 0.3) is 5.69 Å². The number of halogens is 4. The number of alkyl halides is 3. The Morgan fingerprint density at radius 3 is 2.46 bits per heavy atom. The van der Waals surface area contributed by atoms with Crippen molar-refractivity contribution in [3.63, 3.8) is 0 Å². The summed E-state index contributed by atoms with van der Waals surface area (Å²) < 4.78 is 39.7. The summed E-state index contributed by atoms with van der Waals surface area (Å²) in [6, 6.07) is 6.99. The second-order valence-corrected chi connectivity index (χ2v) is 6.33. The number of aryl methyl sites for hydroxylation is 1. The molecule has 1 aromatic heterocycles. The molecule has 0 saturated heterocycles. The number of hydrogen-bond acceptors (Lipinski definition) is 2. The third kappa shape index (κ3) is 4.88. The molecule has 0 aliphatic rings. The zero-order valence-electron chi connectivity index (χ0n) is 14.5. The van der Waals surface area contributed by atoms with Gasteiger partial charge >= 0.3 is 6.18 Å². The number of aromatic nitrogens is 2. The van der Waals surface area contributed by atoms with E-state index in [9.17, 15) is 18.0 Å². The lowest BCUT2D eigenvalue weighted by atomic mass is 10.1. The van der Waals surface area contributed by atoms with Crippen LogP contribution in [0.3, 0.4) is 0 Å². The topological polar surface area (TPSA) is 38.1 Å². The van der Waals surface area contributed by atoms with Gasteiger partial charge in [0.05, 0.1) is 17.8 Å². The molecule has 1 heterocycles. The zero-order chi connectivity index (χ0) is 19.5. The maximum atomic E-state index is 12.7. The number of amides is 1. The van der Waals surface area contributed by atoms with Crippen molar-refractivity contribution in [1.82, 2.24) is 14.7 Å². The van der Waals surface area contributed by atoms with E-state index in [1.54, 1.807) is 42.8 Å². The summed E-state index contributed by atoms with van der Waals surface area (Å²) in [5.41, 5.74) is 2.66. The van der Waals surface area contributed by atoms with Gasteiger partial charge < -0.3 is 4.90 Å². The number of benzene rings is 1. The first-order valence-corrected chi connectivity index (χ1v) is 8.26. The van der Waals surface area contributed by atoms with E-state index < -0.39 is 18.6 Å². The van der Waals surface area contributed by atoms with E-state index in [1.165, 1.54) is 6.08 Å². The predicted octanol–water partition coefficient (Wildman–Crippen LogP) is 4.26. The summed E-state index contributed by atoms with van der Waals surface area (Å²) in [4.78, 5) is 13.1. The lowest BCUT2D eigenvalue weighted by Crippen LogP contribution is -2.40. The van der Waals surface area contributed by atoms with E-state index in [0.717, 1.165) is 10.6 Å². The summed E-state index contributed by atoms with van der Waals surface area (Å²) in [5, 5.41) is 4.98. The molecule has 1 amide bonds. The van der Waals surface area contributed by atoms with Gasteiger partial charge in [-0.05, 0) is 38.1 Å². The van der Waals surface area contributed by atoms with E-state index >= 15 is 0 Å². The lowest BCUT2D eigenvalue weighted by Gasteiger charge is -2.22. The van der Waals surface area contributed by atoms with E-state index in [2.05, 4.69) is 11.7 Å². The molecule has 0 bridgehead atoms. The highest BCUT2D eigenvalue weighted by Gasteiger charge is 2.33. The van der Waals surface area contributed by atoms with Gasteiger partial charge in [-0.2, -0.15) is 18.3 Å². The van der Waals surface area contributed by atoms with Gasteiger partial charge in [-0.15, -0.1) is 6.58 Å². The van der Waals surface area contributed by atoms with Crippen LogP contribution in [0.1, 0.15) is 17.0 Å². The van der Waals surface area contributed by atoms with Gasteiger partial charge in [-0.1, -0.05) is 17.7 Å². The normalized spacial score (nSPS) is 11.5. The van der Waals surface area contributed by atoms with Gasteiger partial charge in [0.1, 0.15) is 6.54 Å². The minimum Gasteiger partial charge on any atom is -0.330 e. The lowest BCUT2D eigenvalue weighted by molar-refractivity contribution is -0.159. The molecule has 2 rings (SSSR count). The van der Waals surface area contributed by atoms with E-state index in [0.29, 0.717) is 22.0 Å². The highest BCUT2D eigenvalue weighted by atomic mass is 35.5. The van der Waals surface area contributed by atoms with Crippen molar-refractivity contribution >= 4 is 17.5 Å². The van der Waals surface area contributed by atoms with Crippen LogP contribution in [-0.2, 0) is 11.2 Å². The quantitative estimate of drug-likeness (QED) is 0.697. The highest BCUT2D eigenvalue weighted by Crippen LogP contribution is 2.22. The fourth-order valence-electron chi connectivity index (χ4n) is 2.65. The molecule has 0 saturated carbocycles. The van der Waals surface area contributed by atoms with Crippen LogP contribution in [0.2, 0.25) is 5.02 Å². The van der Waals surface area contributed by atoms with E-state index in [4.69, 9.17) is 11.6 Å². The molecule has 2 aromatic rings. The van der Waals surface area contributed by atoms with Crippen LogP contribution in [0.15, 0.2) is 36.9 Å². The molecule has 26 heavy (non-hydrogen) atoms. The molecular weight excluding hydrogens is 367 g/mol. The molecule has 0 aliphatic carbocycles. The molecule has 140 valence electrons. The first-order valence-electron chi connectivity index (χ1n) is 7.89. The molecule has 8 heteroatoms. The Hall–Kier alpha value is -2.28. The fourth-order valence-corrected chi connectivity index (χ4v) is 2.78. The maximum absolute atomic E-state index is 12.7. The first-order chi connectivity index (χ1) is 12.1. The summed E-state index contributed by atoms with van der Waals surface area (Å²) in [6.45, 7) is 5.45. The Labute approximate surface area is 154 Å². The van der Waals surface area contributed by atoms with Gasteiger partial charge in [0, 0.05) is 22.8 Å². The SMILES string of the molecule is C=CCN(CC(F)(F)F)C(=O)Cc1c(C)nn(-c2ccc(Cl)cc2)c1C. The number of nitrogens with zero attached hydrogens (tertiary/aromatic N) is 3. The van der Waals surface area contributed by atoms with E-state index in [-0.39, 0.29) is 13.0 Å². The van der Waals surface area contributed by atoms with Gasteiger partial charge in [-0.3, -0.25) is 4.79 Å². The van der Waals surface area contributed by atoms with Crippen molar-refractivity contribution in [1.29, 1.82) is 0 Å². The average molecular weight is 386 g/mol. The maximum Gasteiger partial charge on any atom is 0.406 e. The van der Waals surface area contributed by atoms with Crippen molar-refractivity contribution in [2.75, 3.05) is 13.1 Å². The molecule has 0 unspecified atom stereocenters. The van der Waals surface area contributed by atoms with Gasteiger partial charge in [0.15, 0.2) is 0 Å². The third-order valence-corrected chi connectivity index (χ3v) is 4.16. The summed E-state index contributed by atoms with van der Waals surface area (Å²) in [5.74, 6) is -0.621. The van der Waals surface area contributed by atoms with Gasteiger partial charge in [0.25, 0.3) is 0 Å². The monoisotopic (exact) mass is 385 g/mol. The molecule has 0 spiro atoms. The standard InChI is InChI=1S/C18H19ClF3N3O/c1-4-9-24(11-18(20,21)22)17(26)10-16-12(2)23-25(13(16)3)15-7-5-14(19)6-8-15/h4-8H,1,9-11H2,2-3H3. The fraction of sp³-hybridized carbons (Fsp3) is 0.333. The van der Waals surface area contributed by atoms with Crippen LogP contribution < -0.4 is 0 Å². The Morgan fingerprint density at radius 1 is 1.31 bits per heavy atom. The second-order valence-electron chi connectivity index (χ2n) is 5.89.